The third-order valence-corrected chi connectivity index (χ3v) is 7.41. The van der Waals surface area contributed by atoms with Crippen LogP contribution in [0, 0.1) is 5.92 Å². The molecule has 3 aromatic rings. The van der Waals surface area contributed by atoms with Gasteiger partial charge in [0.15, 0.2) is 5.16 Å². The maximum absolute atomic E-state index is 12.8. The van der Waals surface area contributed by atoms with Crippen LogP contribution in [0.5, 0.6) is 0 Å². The van der Waals surface area contributed by atoms with Crippen molar-refractivity contribution in [1.82, 2.24) is 14.9 Å². The van der Waals surface area contributed by atoms with Crippen LogP contribution in [-0.4, -0.2) is 34.9 Å². The van der Waals surface area contributed by atoms with Crippen molar-refractivity contribution < 1.29 is 4.79 Å². The van der Waals surface area contributed by atoms with Gasteiger partial charge in [-0.15, -0.1) is 11.3 Å². The van der Waals surface area contributed by atoms with E-state index in [4.69, 9.17) is 4.98 Å². The minimum atomic E-state index is -0.452. The summed E-state index contributed by atoms with van der Waals surface area (Å²) in [5, 5.41) is 0.783. The molecule has 5 nitrogen and oxygen atoms in total. The van der Waals surface area contributed by atoms with Crippen LogP contribution >= 0.6 is 23.1 Å². The fourth-order valence-electron chi connectivity index (χ4n) is 3.62. The van der Waals surface area contributed by atoms with Crippen LogP contribution in [0.2, 0.25) is 0 Å². The summed E-state index contributed by atoms with van der Waals surface area (Å²) in [5.74, 6) is 0.618. The van der Waals surface area contributed by atoms with Crippen molar-refractivity contribution in [3.8, 4) is 0 Å². The third-order valence-electron chi connectivity index (χ3n) is 5.14. The molecule has 1 aliphatic rings. The molecule has 0 unspecified atom stereocenters. The molecular formula is C21H23N3O2S2. The molecule has 2 heterocycles. The molecule has 0 saturated carbocycles. The van der Waals surface area contributed by atoms with Crippen LogP contribution in [0.15, 0.2) is 40.3 Å². The Hall–Kier alpha value is -2.12. The minimum Gasteiger partial charge on any atom is -0.348 e. The Balaban J connectivity index is 1.74. The summed E-state index contributed by atoms with van der Waals surface area (Å²) in [4.78, 5) is 36.9. The summed E-state index contributed by atoms with van der Waals surface area (Å²) in [6.07, 6.45) is 3.08. The number of carbonyl (C=O) groups is 1. The van der Waals surface area contributed by atoms with Gasteiger partial charge in [-0.25, -0.2) is 4.98 Å². The molecule has 0 aliphatic heterocycles. The number of benzene rings is 1. The standard InChI is InChI=1S/C21H23N3O2S2/c1-12-9-10-14-15(11-12)27-19-16(14)18(25)22-21(23-19)28-17(20(26)24(2)3)13-7-5-4-6-8-13/h4-8,12,17H,9-11H2,1-3H3,(H,22,23,25)/t12-,17-/m1/s1. The van der Waals surface area contributed by atoms with Crippen molar-refractivity contribution in [2.45, 2.75) is 36.6 Å². The summed E-state index contributed by atoms with van der Waals surface area (Å²) < 4.78 is 0. The lowest BCUT2D eigenvalue weighted by atomic mass is 9.89. The number of aromatic amines is 1. The number of hydrogen-bond acceptors (Lipinski definition) is 5. The van der Waals surface area contributed by atoms with E-state index in [9.17, 15) is 9.59 Å². The Morgan fingerprint density at radius 3 is 2.79 bits per heavy atom. The first-order valence-corrected chi connectivity index (χ1v) is 11.1. The van der Waals surface area contributed by atoms with Gasteiger partial charge in [0.2, 0.25) is 5.91 Å². The lowest BCUT2D eigenvalue weighted by Gasteiger charge is -2.20. The molecule has 1 aliphatic carbocycles. The SMILES string of the molecule is C[C@@H]1CCc2c(sc3nc(S[C@@H](C(=O)N(C)C)c4ccccc4)[nH]c(=O)c23)C1. The van der Waals surface area contributed by atoms with Gasteiger partial charge in [-0.05, 0) is 36.3 Å². The zero-order valence-corrected chi connectivity index (χ0v) is 17.8. The first kappa shape index (κ1) is 19.2. The highest BCUT2D eigenvalue weighted by atomic mass is 32.2. The monoisotopic (exact) mass is 413 g/mol. The van der Waals surface area contributed by atoms with E-state index < -0.39 is 5.25 Å². The van der Waals surface area contributed by atoms with Gasteiger partial charge in [0.1, 0.15) is 10.1 Å². The summed E-state index contributed by atoms with van der Waals surface area (Å²) >= 11 is 2.93. The Kier molecular flexibility index (Phi) is 5.29. The second-order valence-electron chi connectivity index (χ2n) is 7.54. The minimum absolute atomic E-state index is 0.0294. The molecule has 1 N–H and O–H groups in total. The Morgan fingerprint density at radius 1 is 1.32 bits per heavy atom. The average molecular weight is 414 g/mol. The molecular weight excluding hydrogens is 390 g/mol. The average Bonchev–Trinajstić information content (AvgIpc) is 3.03. The molecule has 2 atom stereocenters. The van der Waals surface area contributed by atoms with E-state index in [1.165, 1.54) is 22.2 Å². The number of rotatable bonds is 4. The topological polar surface area (TPSA) is 66.1 Å². The van der Waals surface area contributed by atoms with Crippen molar-refractivity contribution in [3.63, 3.8) is 0 Å². The van der Waals surface area contributed by atoms with Crippen LogP contribution in [0.3, 0.4) is 0 Å². The molecule has 0 radical (unpaired) electrons. The Bertz CT molecular complexity index is 1070. The third kappa shape index (κ3) is 3.61. The second kappa shape index (κ2) is 7.72. The predicted molar refractivity (Wildman–Crippen MR) is 115 cm³/mol. The second-order valence-corrected chi connectivity index (χ2v) is 9.72. The Morgan fingerprint density at radius 2 is 2.07 bits per heavy atom. The van der Waals surface area contributed by atoms with E-state index in [0.717, 1.165) is 35.0 Å². The van der Waals surface area contributed by atoms with Crippen LogP contribution in [0.25, 0.3) is 10.2 Å². The molecule has 1 amide bonds. The van der Waals surface area contributed by atoms with Gasteiger partial charge in [-0.3, -0.25) is 9.59 Å². The molecule has 7 heteroatoms. The number of carbonyl (C=O) groups excluding carboxylic acids is 1. The zero-order valence-electron chi connectivity index (χ0n) is 16.2. The van der Waals surface area contributed by atoms with Crippen LogP contribution in [0.4, 0.5) is 0 Å². The Labute approximate surface area is 172 Å². The van der Waals surface area contributed by atoms with E-state index >= 15 is 0 Å². The maximum atomic E-state index is 12.8. The largest absolute Gasteiger partial charge is 0.348 e. The molecule has 146 valence electrons. The predicted octanol–water partition coefficient (Wildman–Crippen LogP) is 4.03. The van der Waals surface area contributed by atoms with E-state index in [-0.39, 0.29) is 11.5 Å². The van der Waals surface area contributed by atoms with Crippen molar-refractivity contribution in [2.75, 3.05) is 14.1 Å². The summed E-state index contributed by atoms with van der Waals surface area (Å²) in [5.41, 5.74) is 1.98. The smallest absolute Gasteiger partial charge is 0.260 e. The highest BCUT2D eigenvalue weighted by molar-refractivity contribution is 8.00. The quantitative estimate of drug-likeness (QED) is 0.518. The van der Waals surface area contributed by atoms with E-state index in [2.05, 4.69) is 11.9 Å². The lowest BCUT2D eigenvalue weighted by Crippen LogP contribution is -2.27. The fraction of sp³-hybridized carbons (Fsp3) is 0.381. The molecule has 0 bridgehead atoms. The fourth-order valence-corrected chi connectivity index (χ4v) is 6.18. The maximum Gasteiger partial charge on any atom is 0.260 e. The van der Waals surface area contributed by atoms with Gasteiger partial charge < -0.3 is 9.88 Å². The number of amides is 1. The van der Waals surface area contributed by atoms with E-state index in [0.29, 0.717) is 11.1 Å². The first-order chi connectivity index (χ1) is 13.4. The zero-order chi connectivity index (χ0) is 19.8. The number of H-pyrrole nitrogens is 1. The van der Waals surface area contributed by atoms with Gasteiger partial charge in [0.05, 0.1) is 5.39 Å². The number of likely N-dealkylation sites (N-methyl/N-ethyl adjacent to an activating group) is 1. The number of aryl methyl sites for hydroxylation is 1. The number of nitrogens with zero attached hydrogens (tertiary/aromatic N) is 2. The summed E-state index contributed by atoms with van der Waals surface area (Å²) in [6, 6.07) is 9.62. The van der Waals surface area contributed by atoms with Gasteiger partial charge in [0, 0.05) is 19.0 Å². The lowest BCUT2D eigenvalue weighted by molar-refractivity contribution is -0.128. The van der Waals surface area contributed by atoms with Crippen molar-refractivity contribution in [1.29, 1.82) is 0 Å². The number of aromatic nitrogens is 2. The van der Waals surface area contributed by atoms with Gasteiger partial charge in [-0.1, -0.05) is 49.0 Å². The van der Waals surface area contributed by atoms with Crippen LogP contribution in [-0.2, 0) is 17.6 Å². The number of nitrogens with one attached hydrogen (secondary N) is 1. The number of fused-ring (bicyclic) bond motifs is 3. The van der Waals surface area contributed by atoms with E-state index in [1.54, 1.807) is 30.3 Å². The molecule has 0 saturated heterocycles. The number of hydrogen-bond donors (Lipinski definition) is 1. The highest BCUT2D eigenvalue weighted by Crippen LogP contribution is 2.38. The van der Waals surface area contributed by atoms with E-state index in [1.807, 2.05) is 30.3 Å². The first-order valence-electron chi connectivity index (χ1n) is 9.41. The number of thioether (sulfide) groups is 1. The highest BCUT2D eigenvalue weighted by Gasteiger charge is 2.27. The normalized spacial score (nSPS) is 17.3. The van der Waals surface area contributed by atoms with Crippen molar-refractivity contribution in [2.24, 2.45) is 5.92 Å². The van der Waals surface area contributed by atoms with Crippen LogP contribution < -0.4 is 5.56 Å². The molecule has 0 fully saturated rings. The molecule has 28 heavy (non-hydrogen) atoms. The van der Waals surface area contributed by atoms with Crippen LogP contribution in [0.1, 0.15) is 34.6 Å². The molecule has 0 spiro atoms. The molecule has 2 aromatic heterocycles. The van der Waals surface area contributed by atoms with Gasteiger partial charge in [0.25, 0.3) is 5.56 Å². The van der Waals surface area contributed by atoms with Gasteiger partial charge >= 0.3 is 0 Å². The summed E-state index contributed by atoms with van der Waals surface area (Å²) in [7, 11) is 3.49. The molecule has 4 rings (SSSR count). The summed E-state index contributed by atoms with van der Waals surface area (Å²) in [6.45, 7) is 2.25. The van der Waals surface area contributed by atoms with Crippen molar-refractivity contribution >= 4 is 39.2 Å². The van der Waals surface area contributed by atoms with Crippen molar-refractivity contribution in [3.05, 3.63) is 56.7 Å². The molecule has 1 aromatic carbocycles. The van der Waals surface area contributed by atoms with Gasteiger partial charge in [-0.2, -0.15) is 0 Å². The number of thiophene rings is 1.